The molecule has 0 radical (unpaired) electrons. The van der Waals surface area contributed by atoms with Crippen molar-refractivity contribution in [3.05, 3.63) is 35.4 Å². The van der Waals surface area contributed by atoms with Gasteiger partial charge in [-0.05, 0) is 30.9 Å². The Hall–Kier alpha value is -0.860. The Bertz CT molecular complexity index is 301. The zero-order valence-corrected chi connectivity index (χ0v) is 10.7. The average Bonchev–Trinajstić information content (AvgIpc) is 2.20. The quantitative estimate of drug-likeness (QED) is 0.773. The molecule has 90 valence electrons. The van der Waals surface area contributed by atoms with Gasteiger partial charge in [0.1, 0.15) is 0 Å². The molecular weight excluding hydrogens is 196 g/mol. The van der Waals surface area contributed by atoms with Gasteiger partial charge < -0.3 is 11.1 Å². The van der Waals surface area contributed by atoms with E-state index in [4.69, 9.17) is 5.73 Å². The summed E-state index contributed by atoms with van der Waals surface area (Å²) in [5.74, 6) is 0. The molecule has 0 unspecified atom stereocenters. The van der Waals surface area contributed by atoms with Crippen LogP contribution in [0.4, 0.5) is 0 Å². The van der Waals surface area contributed by atoms with E-state index in [0.717, 1.165) is 26.1 Å². The minimum atomic E-state index is 0.291. The monoisotopic (exact) mass is 220 g/mol. The SMILES string of the molecule is Cc1ccc(CNCC(C)(C)CCN)cc1. The minimum absolute atomic E-state index is 0.291. The lowest BCUT2D eigenvalue weighted by Gasteiger charge is -2.24. The maximum atomic E-state index is 5.59. The van der Waals surface area contributed by atoms with E-state index < -0.39 is 0 Å². The molecule has 0 atom stereocenters. The molecule has 1 aromatic carbocycles. The number of hydrogen-bond acceptors (Lipinski definition) is 2. The lowest BCUT2D eigenvalue weighted by Crippen LogP contribution is -2.30. The fraction of sp³-hybridized carbons (Fsp3) is 0.571. The Kier molecular flexibility index (Phi) is 4.97. The highest BCUT2D eigenvalue weighted by atomic mass is 14.9. The lowest BCUT2D eigenvalue weighted by atomic mass is 9.89. The van der Waals surface area contributed by atoms with Crippen LogP contribution in [0.15, 0.2) is 24.3 Å². The van der Waals surface area contributed by atoms with Gasteiger partial charge in [-0.15, -0.1) is 0 Å². The first-order valence-corrected chi connectivity index (χ1v) is 6.00. The summed E-state index contributed by atoms with van der Waals surface area (Å²) in [6, 6.07) is 8.67. The van der Waals surface area contributed by atoms with E-state index in [0.29, 0.717) is 5.41 Å². The lowest BCUT2D eigenvalue weighted by molar-refractivity contribution is 0.319. The summed E-state index contributed by atoms with van der Waals surface area (Å²) in [6.45, 7) is 9.33. The zero-order valence-electron chi connectivity index (χ0n) is 10.7. The molecule has 0 aliphatic carbocycles. The molecule has 0 saturated carbocycles. The minimum Gasteiger partial charge on any atom is -0.330 e. The first kappa shape index (κ1) is 13.2. The highest BCUT2D eigenvalue weighted by Gasteiger charge is 2.15. The maximum absolute atomic E-state index is 5.59. The summed E-state index contributed by atoms with van der Waals surface area (Å²) in [6.07, 6.45) is 1.06. The van der Waals surface area contributed by atoms with Crippen LogP contribution in [0.25, 0.3) is 0 Å². The number of nitrogens with two attached hydrogens (primary N) is 1. The predicted molar refractivity (Wildman–Crippen MR) is 70.3 cm³/mol. The fourth-order valence-corrected chi connectivity index (χ4v) is 1.73. The summed E-state index contributed by atoms with van der Waals surface area (Å²) in [7, 11) is 0. The van der Waals surface area contributed by atoms with Crippen LogP contribution in [0.1, 0.15) is 31.4 Å². The number of nitrogens with one attached hydrogen (secondary N) is 1. The third-order valence-corrected chi connectivity index (χ3v) is 2.87. The van der Waals surface area contributed by atoms with Gasteiger partial charge in [-0.2, -0.15) is 0 Å². The van der Waals surface area contributed by atoms with E-state index >= 15 is 0 Å². The Morgan fingerprint density at radius 3 is 2.38 bits per heavy atom. The third kappa shape index (κ3) is 4.77. The van der Waals surface area contributed by atoms with Crippen molar-refractivity contribution in [3.63, 3.8) is 0 Å². The van der Waals surface area contributed by atoms with Crippen LogP contribution in [0.2, 0.25) is 0 Å². The van der Waals surface area contributed by atoms with E-state index in [2.05, 4.69) is 50.4 Å². The Labute approximate surface area is 99.2 Å². The Balaban J connectivity index is 2.32. The topological polar surface area (TPSA) is 38.0 Å². The van der Waals surface area contributed by atoms with Crippen molar-refractivity contribution in [2.45, 2.75) is 33.7 Å². The van der Waals surface area contributed by atoms with Gasteiger partial charge in [0.2, 0.25) is 0 Å². The van der Waals surface area contributed by atoms with Crippen LogP contribution in [0, 0.1) is 12.3 Å². The third-order valence-electron chi connectivity index (χ3n) is 2.87. The summed E-state index contributed by atoms with van der Waals surface area (Å²) >= 11 is 0. The molecule has 0 fully saturated rings. The molecule has 0 aromatic heterocycles. The van der Waals surface area contributed by atoms with Crippen molar-refractivity contribution < 1.29 is 0 Å². The van der Waals surface area contributed by atoms with Gasteiger partial charge >= 0.3 is 0 Å². The molecule has 2 nitrogen and oxygen atoms in total. The summed E-state index contributed by atoms with van der Waals surface area (Å²) in [5.41, 5.74) is 8.53. The number of benzene rings is 1. The van der Waals surface area contributed by atoms with Gasteiger partial charge in [0, 0.05) is 13.1 Å². The first-order valence-electron chi connectivity index (χ1n) is 6.00. The predicted octanol–water partition coefficient (Wildman–Crippen LogP) is 2.46. The van der Waals surface area contributed by atoms with Crippen LogP contribution < -0.4 is 11.1 Å². The normalized spacial score (nSPS) is 11.8. The van der Waals surface area contributed by atoms with Crippen molar-refractivity contribution in [2.75, 3.05) is 13.1 Å². The number of hydrogen-bond donors (Lipinski definition) is 2. The van der Waals surface area contributed by atoms with Gasteiger partial charge in [0.05, 0.1) is 0 Å². The molecule has 0 amide bonds. The Morgan fingerprint density at radius 1 is 1.19 bits per heavy atom. The molecule has 1 aromatic rings. The second-order valence-corrected chi connectivity index (χ2v) is 5.29. The number of rotatable bonds is 6. The van der Waals surface area contributed by atoms with Gasteiger partial charge in [-0.1, -0.05) is 43.7 Å². The zero-order chi connectivity index (χ0) is 12.0. The van der Waals surface area contributed by atoms with Crippen molar-refractivity contribution in [1.82, 2.24) is 5.32 Å². The standard InChI is InChI=1S/C14H24N2/c1-12-4-6-13(7-5-12)10-16-11-14(2,3)8-9-15/h4-7,16H,8-11,15H2,1-3H3. The highest BCUT2D eigenvalue weighted by molar-refractivity contribution is 5.21. The molecule has 1 rings (SSSR count). The van der Waals surface area contributed by atoms with Crippen molar-refractivity contribution in [3.8, 4) is 0 Å². The van der Waals surface area contributed by atoms with Crippen molar-refractivity contribution in [1.29, 1.82) is 0 Å². The van der Waals surface area contributed by atoms with Crippen LogP contribution in [-0.2, 0) is 6.54 Å². The van der Waals surface area contributed by atoms with Crippen molar-refractivity contribution in [2.24, 2.45) is 11.1 Å². The second kappa shape index (κ2) is 6.02. The summed E-state index contributed by atoms with van der Waals surface area (Å²) in [5, 5.41) is 3.49. The second-order valence-electron chi connectivity index (χ2n) is 5.29. The van der Waals surface area contributed by atoms with Crippen LogP contribution in [-0.4, -0.2) is 13.1 Å². The Morgan fingerprint density at radius 2 is 1.81 bits per heavy atom. The highest BCUT2D eigenvalue weighted by Crippen LogP contribution is 2.17. The van der Waals surface area contributed by atoms with Gasteiger partial charge in [-0.3, -0.25) is 0 Å². The molecule has 2 heteroatoms. The largest absolute Gasteiger partial charge is 0.330 e. The molecule has 0 bridgehead atoms. The first-order chi connectivity index (χ1) is 7.53. The van der Waals surface area contributed by atoms with Crippen LogP contribution >= 0.6 is 0 Å². The van der Waals surface area contributed by atoms with Crippen molar-refractivity contribution >= 4 is 0 Å². The molecule has 0 heterocycles. The smallest absolute Gasteiger partial charge is 0.0205 e. The average molecular weight is 220 g/mol. The van der Waals surface area contributed by atoms with E-state index in [1.54, 1.807) is 0 Å². The summed E-state index contributed by atoms with van der Waals surface area (Å²) < 4.78 is 0. The molecule has 0 saturated heterocycles. The molecule has 0 aliphatic heterocycles. The van der Waals surface area contributed by atoms with Crippen LogP contribution in [0.3, 0.4) is 0 Å². The van der Waals surface area contributed by atoms with Gasteiger partial charge in [-0.25, -0.2) is 0 Å². The number of aryl methyl sites for hydroxylation is 1. The fourth-order valence-electron chi connectivity index (χ4n) is 1.73. The molecule has 0 spiro atoms. The van der Waals surface area contributed by atoms with Crippen LogP contribution in [0.5, 0.6) is 0 Å². The molecule has 16 heavy (non-hydrogen) atoms. The molecule has 3 N–H and O–H groups in total. The van der Waals surface area contributed by atoms with Gasteiger partial charge in [0.15, 0.2) is 0 Å². The van der Waals surface area contributed by atoms with E-state index in [1.165, 1.54) is 11.1 Å². The molecular formula is C14H24N2. The summed E-state index contributed by atoms with van der Waals surface area (Å²) in [4.78, 5) is 0. The van der Waals surface area contributed by atoms with E-state index in [1.807, 2.05) is 0 Å². The van der Waals surface area contributed by atoms with E-state index in [-0.39, 0.29) is 0 Å². The van der Waals surface area contributed by atoms with Gasteiger partial charge in [0.25, 0.3) is 0 Å². The van der Waals surface area contributed by atoms with E-state index in [9.17, 15) is 0 Å². The molecule has 0 aliphatic rings. The maximum Gasteiger partial charge on any atom is 0.0205 e.